The summed E-state index contributed by atoms with van der Waals surface area (Å²) in [5, 5.41) is 12.0. The lowest BCUT2D eigenvalue weighted by molar-refractivity contribution is -0.115. The number of amides is 1. The third-order valence-corrected chi connectivity index (χ3v) is 4.73. The molecule has 31 heavy (non-hydrogen) atoms. The molecule has 0 saturated heterocycles. The summed E-state index contributed by atoms with van der Waals surface area (Å²) in [5.74, 6) is -1.60. The molecule has 1 N–H and O–H groups in total. The molecule has 0 aromatic heterocycles. The molecular formula is C23H16ClF3N2O2. The van der Waals surface area contributed by atoms with Crippen LogP contribution >= 0.6 is 11.6 Å². The van der Waals surface area contributed by atoms with E-state index in [1.165, 1.54) is 12.1 Å². The maximum Gasteiger partial charge on any atom is 0.264 e. The zero-order valence-electron chi connectivity index (χ0n) is 16.3. The fraction of sp³-hybridized carbons (Fsp3) is 0.130. The van der Waals surface area contributed by atoms with E-state index < -0.39 is 23.7 Å². The van der Waals surface area contributed by atoms with Crippen molar-refractivity contribution in [1.82, 2.24) is 0 Å². The minimum atomic E-state index is -2.82. The van der Waals surface area contributed by atoms with Crippen LogP contribution in [0, 0.1) is 24.1 Å². The number of aryl methyl sites for hydroxylation is 1. The van der Waals surface area contributed by atoms with Gasteiger partial charge in [0.05, 0.1) is 28.8 Å². The number of anilines is 1. The van der Waals surface area contributed by atoms with Crippen molar-refractivity contribution in [2.24, 2.45) is 0 Å². The summed E-state index contributed by atoms with van der Waals surface area (Å²) in [6.45, 7) is 1.58. The Hall–Kier alpha value is -3.50. The standard InChI is InChI=1S/C23H16ClF3N2O2/c1-13-6-7-15(11-20(30)29-19-5-3-2-4-18(19)24)21(25)22(13)31-17-9-14(12-28)8-16(10-17)23(26)27/h2-10,23H,11H2,1H3,(H,29,30). The number of alkyl halides is 2. The van der Waals surface area contributed by atoms with Crippen molar-refractivity contribution < 1.29 is 22.7 Å². The van der Waals surface area contributed by atoms with Crippen LogP contribution in [0.25, 0.3) is 0 Å². The van der Waals surface area contributed by atoms with E-state index in [1.807, 2.05) is 0 Å². The molecule has 0 saturated carbocycles. The Bertz CT molecular complexity index is 1180. The van der Waals surface area contributed by atoms with Gasteiger partial charge in [0.1, 0.15) is 5.75 Å². The summed E-state index contributed by atoms with van der Waals surface area (Å²) in [4.78, 5) is 12.3. The van der Waals surface area contributed by atoms with Gasteiger partial charge in [-0.05, 0) is 42.8 Å². The zero-order chi connectivity index (χ0) is 22.5. The zero-order valence-corrected chi connectivity index (χ0v) is 17.0. The maximum atomic E-state index is 15.1. The van der Waals surface area contributed by atoms with Crippen molar-refractivity contribution in [2.45, 2.75) is 19.8 Å². The van der Waals surface area contributed by atoms with E-state index in [9.17, 15) is 13.6 Å². The smallest absolute Gasteiger partial charge is 0.264 e. The van der Waals surface area contributed by atoms with Crippen LogP contribution in [-0.2, 0) is 11.2 Å². The summed E-state index contributed by atoms with van der Waals surface area (Å²) in [5.41, 5.74) is 0.388. The number of carbonyl (C=O) groups is 1. The third-order valence-electron chi connectivity index (χ3n) is 4.40. The summed E-state index contributed by atoms with van der Waals surface area (Å²) in [6.07, 6.45) is -3.12. The first kappa shape index (κ1) is 22.2. The third kappa shape index (κ3) is 5.36. The average Bonchev–Trinajstić information content (AvgIpc) is 2.74. The second kappa shape index (κ2) is 9.54. The highest BCUT2D eigenvalue weighted by Crippen LogP contribution is 2.33. The molecule has 3 aromatic carbocycles. The summed E-state index contributed by atoms with van der Waals surface area (Å²) in [7, 11) is 0. The molecule has 158 valence electrons. The summed E-state index contributed by atoms with van der Waals surface area (Å²) in [6, 6.07) is 14.7. The molecule has 0 spiro atoms. The van der Waals surface area contributed by atoms with Gasteiger partial charge in [-0.15, -0.1) is 0 Å². The van der Waals surface area contributed by atoms with E-state index in [4.69, 9.17) is 21.6 Å². The number of ether oxygens (including phenoxy) is 1. The summed E-state index contributed by atoms with van der Waals surface area (Å²) >= 11 is 6.01. The van der Waals surface area contributed by atoms with Crippen LogP contribution in [0.1, 0.15) is 28.7 Å². The first-order chi connectivity index (χ1) is 14.8. The van der Waals surface area contributed by atoms with Crippen molar-refractivity contribution >= 4 is 23.2 Å². The topological polar surface area (TPSA) is 62.1 Å². The molecule has 0 unspecified atom stereocenters. The van der Waals surface area contributed by atoms with E-state index in [0.29, 0.717) is 16.3 Å². The van der Waals surface area contributed by atoms with Crippen molar-refractivity contribution in [3.8, 4) is 17.6 Å². The van der Waals surface area contributed by atoms with Crippen LogP contribution in [0.3, 0.4) is 0 Å². The average molecular weight is 445 g/mol. The number of rotatable bonds is 6. The van der Waals surface area contributed by atoms with Gasteiger partial charge in [0, 0.05) is 11.1 Å². The lowest BCUT2D eigenvalue weighted by Gasteiger charge is -2.14. The monoisotopic (exact) mass is 444 g/mol. The van der Waals surface area contributed by atoms with E-state index >= 15 is 4.39 Å². The summed E-state index contributed by atoms with van der Waals surface area (Å²) < 4.78 is 46.8. The predicted molar refractivity (Wildman–Crippen MR) is 111 cm³/mol. The van der Waals surface area contributed by atoms with Crippen LogP contribution in [0.15, 0.2) is 54.6 Å². The van der Waals surface area contributed by atoms with Crippen LogP contribution in [0.4, 0.5) is 18.9 Å². The van der Waals surface area contributed by atoms with E-state index in [-0.39, 0.29) is 29.0 Å². The number of nitrogens with zero attached hydrogens (tertiary/aromatic N) is 1. The first-order valence-electron chi connectivity index (χ1n) is 9.12. The minimum absolute atomic E-state index is 0.0406. The minimum Gasteiger partial charge on any atom is -0.454 e. The van der Waals surface area contributed by atoms with Gasteiger partial charge in [0.25, 0.3) is 6.43 Å². The van der Waals surface area contributed by atoms with Crippen LogP contribution in [0.2, 0.25) is 5.02 Å². The molecule has 4 nitrogen and oxygen atoms in total. The number of benzene rings is 3. The van der Waals surface area contributed by atoms with Gasteiger partial charge >= 0.3 is 0 Å². The van der Waals surface area contributed by atoms with Gasteiger partial charge in [-0.1, -0.05) is 35.9 Å². The highest BCUT2D eigenvalue weighted by atomic mass is 35.5. The van der Waals surface area contributed by atoms with Gasteiger partial charge in [0.2, 0.25) is 5.91 Å². The Balaban J connectivity index is 1.86. The number of hydrogen-bond acceptors (Lipinski definition) is 3. The molecule has 0 atom stereocenters. The molecule has 0 bridgehead atoms. The molecule has 0 aliphatic rings. The van der Waals surface area contributed by atoms with Crippen LogP contribution < -0.4 is 10.1 Å². The van der Waals surface area contributed by atoms with Crippen LogP contribution in [-0.4, -0.2) is 5.91 Å². The molecular weight excluding hydrogens is 429 g/mol. The number of halogens is 4. The van der Waals surface area contributed by atoms with Crippen molar-refractivity contribution in [2.75, 3.05) is 5.32 Å². The highest BCUT2D eigenvalue weighted by Gasteiger charge is 2.18. The van der Waals surface area contributed by atoms with E-state index in [0.717, 1.165) is 12.1 Å². The Kier molecular flexibility index (Phi) is 6.83. The fourth-order valence-corrected chi connectivity index (χ4v) is 3.06. The predicted octanol–water partition coefficient (Wildman–Crippen LogP) is 6.57. The van der Waals surface area contributed by atoms with Crippen molar-refractivity contribution in [3.05, 3.63) is 87.7 Å². The molecule has 0 aliphatic carbocycles. The SMILES string of the molecule is Cc1ccc(CC(=O)Nc2ccccc2Cl)c(F)c1Oc1cc(C#N)cc(C(F)F)c1. The lowest BCUT2D eigenvalue weighted by Crippen LogP contribution is -2.15. The molecule has 0 radical (unpaired) electrons. The molecule has 0 fully saturated rings. The Morgan fingerprint density at radius 2 is 1.94 bits per heavy atom. The number of nitrogens with one attached hydrogen (secondary N) is 1. The molecule has 1 amide bonds. The molecule has 0 heterocycles. The van der Waals surface area contributed by atoms with Gasteiger partial charge < -0.3 is 10.1 Å². The Morgan fingerprint density at radius 1 is 1.19 bits per heavy atom. The van der Waals surface area contributed by atoms with Gasteiger partial charge in [-0.25, -0.2) is 13.2 Å². The fourth-order valence-electron chi connectivity index (χ4n) is 2.87. The first-order valence-corrected chi connectivity index (χ1v) is 9.49. The quantitative estimate of drug-likeness (QED) is 0.467. The van der Waals surface area contributed by atoms with Gasteiger partial charge in [-0.3, -0.25) is 4.79 Å². The Morgan fingerprint density at radius 3 is 2.61 bits per heavy atom. The maximum absolute atomic E-state index is 15.1. The van der Waals surface area contributed by atoms with E-state index in [1.54, 1.807) is 43.3 Å². The number of para-hydroxylation sites is 1. The molecule has 8 heteroatoms. The number of carbonyl (C=O) groups excluding carboxylic acids is 1. The largest absolute Gasteiger partial charge is 0.454 e. The highest BCUT2D eigenvalue weighted by molar-refractivity contribution is 6.33. The second-order valence-corrected chi connectivity index (χ2v) is 7.10. The van der Waals surface area contributed by atoms with Crippen molar-refractivity contribution in [1.29, 1.82) is 5.26 Å². The molecule has 3 aromatic rings. The van der Waals surface area contributed by atoms with E-state index in [2.05, 4.69) is 5.32 Å². The second-order valence-electron chi connectivity index (χ2n) is 6.69. The van der Waals surface area contributed by atoms with Gasteiger partial charge in [-0.2, -0.15) is 5.26 Å². The van der Waals surface area contributed by atoms with Crippen LogP contribution in [0.5, 0.6) is 11.5 Å². The number of nitriles is 1. The number of hydrogen-bond donors (Lipinski definition) is 1. The molecule has 3 rings (SSSR count). The lowest BCUT2D eigenvalue weighted by atomic mass is 10.1. The normalized spacial score (nSPS) is 10.6. The van der Waals surface area contributed by atoms with Gasteiger partial charge in [0.15, 0.2) is 11.6 Å². The van der Waals surface area contributed by atoms with Crippen molar-refractivity contribution in [3.63, 3.8) is 0 Å². The Labute approximate surface area is 181 Å². The molecule has 0 aliphatic heterocycles.